The predicted octanol–water partition coefficient (Wildman–Crippen LogP) is 4.19. The van der Waals surface area contributed by atoms with Gasteiger partial charge in [-0.25, -0.2) is 0 Å². The number of nitrogens with one attached hydrogen (secondary N) is 2. The minimum atomic E-state index is 0.187. The summed E-state index contributed by atoms with van der Waals surface area (Å²) in [7, 11) is 1.70. The molecule has 0 saturated carbocycles. The highest BCUT2D eigenvalue weighted by Gasteiger charge is 2.23. The molecular weight excluding hydrogens is 370 g/mol. The van der Waals surface area contributed by atoms with E-state index in [1.165, 1.54) is 11.1 Å². The molecule has 1 fully saturated rings. The van der Waals surface area contributed by atoms with Crippen LogP contribution in [0.4, 0.5) is 11.4 Å². The van der Waals surface area contributed by atoms with Crippen LogP contribution in [0.5, 0.6) is 5.75 Å². The number of aryl methyl sites for hydroxylation is 1. The lowest BCUT2D eigenvalue weighted by atomic mass is 9.87. The monoisotopic (exact) mass is 395 g/mol. The normalized spacial score (nSPS) is 18.5. The van der Waals surface area contributed by atoms with E-state index in [-0.39, 0.29) is 11.9 Å². The van der Waals surface area contributed by atoms with Crippen molar-refractivity contribution in [1.82, 2.24) is 5.32 Å². The number of hydrogen-bond donors (Lipinski definition) is 2. The van der Waals surface area contributed by atoms with Gasteiger partial charge in [-0.1, -0.05) is 12.1 Å². The zero-order chi connectivity index (χ0) is 19.5. The molecule has 2 aromatic rings. The molecule has 0 unspecified atom stereocenters. The minimum Gasteiger partial charge on any atom is -0.497 e. The third-order valence-electron chi connectivity index (χ3n) is 5.46. The average molecular weight is 396 g/mol. The number of carbonyl (C=O) groups is 1. The largest absolute Gasteiger partial charge is 0.497 e. The van der Waals surface area contributed by atoms with E-state index in [0.29, 0.717) is 11.5 Å². The van der Waals surface area contributed by atoms with Crippen molar-refractivity contribution < 1.29 is 9.53 Å². The van der Waals surface area contributed by atoms with Crippen molar-refractivity contribution in [3.8, 4) is 5.75 Å². The molecule has 2 N–H and O–H groups in total. The Morgan fingerprint density at radius 3 is 2.86 bits per heavy atom. The molecule has 5 nitrogen and oxygen atoms in total. The zero-order valence-electron chi connectivity index (χ0n) is 16.0. The Morgan fingerprint density at radius 1 is 1.18 bits per heavy atom. The maximum absolute atomic E-state index is 12.0. The standard InChI is InChI=1S/C22H25N3O2S/c1-27-18-10-11-19-15(13-18)5-2-8-20(19)24-22(28)23-16-6-3-7-17(14-16)25-12-4-9-21(25)26/h3,6-7,10-11,13-14,20H,2,4-5,8-9,12H2,1H3,(H2,23,24,28)/t20-/m0/s1. The van der Waals surface area contributed by atoms with Gasteiger partial charge in [0.25, 0.3) is 0 Å². The van der Waals surface area contributed by atoms with Crippen LogP contribution in [0.25, 0.3) is 0 Å². The first kappa shape index (κ1) is 18.7. The third kappa shape index (κ3) is 3.97. The van der Waals surface area contributed by atoms with E-state index in [0.717, 1.165) is 49.4 Å². The number of amides is 1. The summed E-state index contributed by atoms with van der Waals surface area (Å²) in [5.41, 5.74) is 4.42. The predicted molar refractivity (Wildman–Crippen MR) is 116 cm³/mol. The van der Waals surface area contributed by atoms with Gasteiger partial charge < -0.3 is 20.3 Å². The minimum absolute atomic E-state index is 0.187. The van der Waals surface area contributed by atoms with Crippen LogP contribution in [0.1, 0.15) is 42.9 Å². The van der Waals surface area contributed by atoms with Crippen LogP contribution in [0.2, 0.25) is 0 Å². The first-order valence-corrected chi connectivity index (χ1v) is 10.2. The summed E-state index contributed by atoms with van der Waals surface area (Å²) >= 11 is 5.57. The number of carbonyl (C=O) groups excluding carboxylic acids is 1. The highest BCUT2D eigenvalue weighted by Crippen LogP contribution is 2.32. The Morgan fingerprint density at radius 2 is 2.07 bits per heavy atom. The molecule has 1 amide bonds. The first-order chi connectivity index (χ1) is 13.6. The Labute approximate surface area is 171 Å². The van der Waals surface area contributed by atoms with Gasteiger partial charge in [0.15, 0.2) is 5.11 Å². The zero-order valence-corrected chi connectivity index (χ0v) is 16.8. The third-order valence-corrected chi connectivity index (χ3v) is 5.68. The average Bonchev–Trinajstić information content (AvgIpc) is 3.14. The van der Waals surface area contributed by atoms with Crippen molar-refractivity contribution in [2.24, 2.45) is 0 Å². The number of fused-ring (bicyclic) bond motifs is 1. The van der Waals surface area contributed by atoms with E-state index < -0.39 is 0 Å². The maximum atomic E-state index is 12.0. The van der Waals surface area contributed by atoms with Crippen LogP contribution in [0.15, 0.2) is 42.5 Å². The van der Waals surface area contributed by atoms with Crippen molar-refractivity contribution in [3.05, 3.63) is 53.6 Å². The molecule has 4 rings (SSSR count). The summed E-state index contributed by atoms with van der Waals surface area (Å²) in [6, 6.07) is 14.3. The summed E-state index contributed by atoms with van der Waals surface area (Å²) < 4.78 is 5.35. The van der Waals surface area contributed by atoms with E-state index in [4.69, 9.17) is 17.0 Å². The Hall–Kier alpha value is -2.60. The van der Waals surface area contributed by atoms with Gasteiger partial charge in [0.2, 0.25) is 5.91 Å². The number of anilines is 2. The lowest BCUT2D eigenvalue weighted by Crippen LogP contribution is -2.34. The second-order valence-corrected chi connectivity index (χ2v) is 7.72. The van der Waals surface area contributed by atoms with Gasteiger partial charge in [0.05, 0.1) is 13.2 Å². The Balaban J connectivity index is 1.44. The van der Waals surface area contributed by atoms with Gasteiger partial charge in [0.1, 0.15) is 5.75 Å². The maximum Gasteiger partial charge on any atom is 0.227 e. The lowest BCUT2D eigenvalue weighted by Gasteiger charge is -2.28. The van der Waals surface area contributed by atoms with E-state index >= 15 is 0 Å². The number of ether oxygens (including phenoxy) is 1. The van der Waals surface area contributed by atoms with Crippen LogP contribution < -0.4 is 20.3 Å². The van der Waals surface area contributed by atoms with Crippen LogP contribution in [0.3, 0.4) is 0 Å². The summed E-state index contributed by atoms with van der Waals surface area (Å²) in [5.74, 6) is 1.08. The smallest absolute Gasteiger partial charge is 0.227 e. The van der Waals surface area contributed by atoms with Gasteiger partial charge in [0, 0.05) is 24.3 Å². The van der Waals surface area contributed by atoms with Crippen LogP contribution in [-0.2, 0) is 11.2 Å². The van der Waals surface area contributed by atoms with E-state index in [1.54, 1.807) is 7.11 Å². The highest BCUT2D eigenvalue weighted by molar-refractivity contribution is 7.80. The fraction of sp³-hybridized carbons (Fsp3) is 0.364. The molecule has 1 atom stereocenters. The number of rotatable bonds is 4. The van der Waals surface area contributed by atoms with Crippen molar-refractivity contribution in [1.29, 1.82) is 0 Å². The quantitative estimate of drug-likeness (QED) is 0.761. The van der Waals surface area contributed by atoms with Crippen molar-refractivity contribution in [2.75, 3.05) is 23.9 Å². The molecule has 2 aromatic carbocycles. The molecule has 1 aliphatic carbocycles. The SMILES string of the molecule is COc1ccc2c(c1)CCC[C@@H]2NC(=S)Nc1cccc(N2CCCC2=O)c1. The molecule has 6 heteroatoms. The fourth-order valence-electron chi connectivity index (χ4n) is 4.07. The number of hydrogen-bond acceptors (Lipinski definition) is 3. The van der Waals surface area contributed by atoms with Crippen molar-refractivity contribution in [3.63, 3.8) is 0 Å². The number of methoxy groups -OCH3 is 1. The van der Waals surface area contributed by atoms with Gasteiger partial charge in [-0.15, -0.1) is 0 Å². The molecule has 2 aliphatic rings. The van der Waals surface area contributed by atoms with Crippen molar-refractivity contribution >= 4 is 34.6 Å². The molecule has 0 aromatic heterocycles. The van der Waals surface area contributed by atoms with Gasteiger partial charge in [-0.2, -0.15) is 0 Å². The fourth-order valence-corrected chi connectivity index (χ4v) is 4.33. The number of benzene rings is 2. The van der Waals surface area contributed by atoms with E-state index in [9.17, 15) is 4.79 Å². The lowest BCUT2D eigenvalue weighted by molar-refractivity contribution is -0.117. The number of nitrogens with zero attached hydrogens (tertiary/aromatic N) is 1. The van der Waals surface area contributed by atoms with E-state index in [1.807, 2.05) is 35.2 Å². The molecule has 0 spiro atoms. The molecule has 0 radical (unpaired) electrons. The molecule has 28 heavy (non-hydrogen) atoms. The summed E-state index contributed by atoms with van der Waals surface area (Å²) in [6.45, 7) is 0.785. The van der Waals surface area contributed by atoms with Crippen LogP contribution >= 0.6 is 12.2 Å². The summed E-state index contributed by atoms with van der Waals surface area (Å²) in [6.07, 6.45) is 4.78. The molecular formula is C22H25N3O2S. The van der Waals surface area contributed by atoms with E-state index in [2.05, 4.69) is 22.8 Å². The van der Waals surface area contributed by atoms with Crippen molar-refractivity contribution in [2.45, 2.75) is 38.1 Å². The summed E-state index contributed by atoms with van der Waals surface area (Å²) in [4.78, 5) is 13.8. The van der Waals surface area contributed by atoms with Gasteiger partial charge in [-0.05, 0) is 79.4 Å². The molecule has 1 saturated heterocycles. The van der Waals surface area contributed by atoms with Gasteiger partial charge in [-0.3, -0.25) is 4.79 Å². The first-order valence-electron chi connectivity index (χ1n) is 9.79. The molecule has 1 heterocycles. The molecule has 0 bridgehead atoms. The van der Waals surface area contributed by atoms with Crippen LogP contribution in [0, 0.1) is 0 Å². The van der Waals surface area contributed by atoms with Crippen LogP contribution in [-0.4, -0.2) is 24.7 Å². The van der Waals surface area contributed by atoms with Gasteiger partial charge >= 0.3 is 0 Å². The second kappa shape index (κ2) is 8.19. The molecule has 146 valence electrons. The second-order valence-electron chi connectivity index (χ2n) is 7.31. The Kier molecular flexibility index (Phi) is 5.48. The summed E-state index contributed by atoms with van der Waals surface area (Å²) in [5, 5.41) is 7.33. The molecule has 1 aliphatic heterocycles. The highest BCUT2D eigenvalue weighted by atomic mass is 32.1. The topological polar surface area (TPSA) is 53.6 Å². The number of thiocarbonyl (C=S) groups is 1. The Bertz CT molecular complexity index is 899.